The first kappa shape index (κ1) is 15.0. The van der Waals surface area contributed by atoms with Crippen molar-refractivity contribution in [3.63, 3.8) is 0 Å². The molecule has 0 aliphatic heterocycles. The molecule has 0 unspecified atom stereocenters. The zero-order chi connectivity index (χ0) is 13.3. The molecule has 0 saturated heterocycles. The third kappa shape index (κ3) is 3.02. The molecule has 0 radical (unpaired) electrons. The van der Waals surface area contributed by atoms with E-state index in [0.29, 0.717) is 5.02 Å². The highest BCUT2D eigenvalue weighted by Gasteiger charge is 2.45. The highest BCUT2D eigenvalue weighted by atomic mass is 79.9. The van der Waals surface area contributed by atoms with Crippen LogP contribution in [0.25, 0.3) is 0 Å². The van der Waals surface area contributed by atoms with Gasteiger partial charge in [-0.2, -0.15) is 0 Å². The fourth-order valence-corrected chi connectivity index (χ4v) is 3.33. The maximum atomic E-state index is 12.0. The van der Waals surface area contributed by atoms with E-state index in [0.717, 1.165) is 0 Å². The molecule has 0 spiro atoms. The Morgan fingerprint density at radius 1 is 1.35 bits per heavy atom. The second-order valence-corrected chi connectivity index (χ2v) is 9.07. The van der Waals surface area contributed by atoms with Crippen LogP contribution in [0.3, 0.4) is 0 Å². The van der Waals surface area contributed by atoms with Crippen LogP contribution in [0.5, 0.6) is 0 Å². The van der Waals surface area contributed by atoms with E-state index in [2.05, 4.69) is 15.9 Å². The topological polar surface area (TPSA) is 51.2 Å². The number of sulfone groups is 1. The van der Waals surface area contributed by atoms with Gasteiger partial charge in [-0.1, -0.05) is 30.1 Å². The van der Waals surface area contributed by atoms with Crippen molar-refractivity contribution in [2.45, 2.75) is 10.0 Å². The van der Waals surface area contributed by atoms with Crippen molar-refractivity contribution in [2.75, 3.05) is 5.75 Å². The van der Waals surface area contributed by atoms with E-state index in [9.17, 15) is 13.2 Å². The van der Waals surface area contributed by atoms with E-state index < -0.39 is 18.7 Å². The summed E-state index contributed by atoms with van der Waals surface area (Å²) in [6.45, 7) is 1.42. The van der Waals surface area contributed by atoms with Gasteiger partial charge in [-0.15, -0.1) is 0 Å². The average Bonchev–Trinajstić information content (AvgIpc) is 2.28. The zero-order valence-electron chi connectivity index (χ0n) is 8.78. The third-order valence-corrected chi connectivity index (χ3v) is 6.84. The predicted octanol–water partition coefficient (Wildman–Crippen LogP) is 3.24. The maximum Gasteiger partial charge on any atom is 0.261 e. The highest BCUT2D eigenvalue weighted by Crippen LogP contribution is 2.35. The molecule has 3 nitrogen and oxygen atoms in total. The number of benzene rings is 1. The number of Topliss-reactive ketones (excluding diaryl/α,β-unsaturated/α-hetero) is 1. The molecule has 0 aliphatic carbocycles. The Balaban J connectivity index is 3.18. The second-order valence-electron chi connectivity index (χ2n) is 3.26. The quantitative estimate of drug-likeness (QED) is 0.612. The van der Waals surface area contributed by atoms with Gasteiger partial charge < -0.3 is 0 Å². The van der Waals surface area contributed by atoms with Crippen molar-refractivity contribution in [1.29, 1.82) is 0 Å². The van der Waals surface area contributed by atoms with Gasteiger partial charge in [0.15, 0.2) is 9.84 Å². The molecule has 0 saturated carbocycles. The van der Waals surface area contributed by atoms with Gasteiger partial charge in [0, 0.05) is 10.6 Å². The molecule has 1 atom stereocenters. The van der Waals surface area contributed by atoms with Gasteiger partial charge in [-0.25, -0.2) is 8.42 Å². The standard InChI is InChI=1S/C10H9BrCl2O3S/c1-2-17(15,16)10(11,13)9(14)7-3-5-8(12)6-4-7/h3-6H,2H2,1H3/t10-/m0/s1. The lowest BCUT2D eigenvalue weighted by molar-refractivity contribution is 0.1000. The Morgan fingerprint density at radius 2 is 1.82 bits per heavy atom. The number of hydrogen-bond donors (Lipinski definition) is 0. The van der Waals surface area contributed by atoms with Crippen LogP contribution in [0, 0.1) is 0 Å². The molecule has 0 aliphatic rings. The number of carbonyl (C=O) groups excluding carboxylic acids is 1. The summed E-state index contributed by atoms with van der Waals surface area (Å²) in [4.78, 5) is 12.0. The van der Waals surface area contributed by atoms with Gasteiger partial charge in [-0.05, 0) is 40.2 Å². The first-order valence-corrected chi connectivity index (χ1v) is 7.83. The van der Waals surface area contributed by atoms with Crippen LogP contribution < -0.4 is 0 Å². The molecule has 1 rings (SSSR count). The Labute approximate surface area is 118 Å². The van der Waals surface area contributed by atoms with Crippen LogP contribution in [0.4, 0.5) is 0 Å². The van der Waals surface area contributed by atoms with E-state index in [1.807, 2.05) is 0 Å². The van der Waals surface area contributed by atoms with Crippen LogP contribution in [-0.2, 0) is 9.84 Å². The second kappa shape index (κ2) is 5.26. The minimum atomic E-state index is -3.76. The molecule has 7 heteroatoms. The van der Waals surface area contributed by atoms with Crippen LogP contribution in [-0.4, -0.2) is 23.1 Å². The van der Waals surface area contributed by atoms with Crippen molar-refractivity contribution in [3.8, 4) is 0 Å². The van der Waals surface area contributed by atoms with Crippen molar-refractivity contribution >= 4 is 54.8 Å². The molecular formula is C10H9BrCl2O3S. The van der Waals surface area contributed by atoms with Gasteiger partial charge in [0.2, 0.25) is 5.78 Å². The molecule has 94 valence electrons. The fourth-order valence-electron chi connectivity index (χ4n) is 1.09. The Morgan fingerprint density at radius 3 is 2.24 bits per heavy atom. The molecule has 0 bridgehead atoms. The molecule has 0 N–H and O–H groups in total. The van der Waals surface area contributed by atoms with E-state index in [1.165, 1.54) is 31.2 Å². The molecule has 0 amide bonds. The first-order valence-electron chi connectivity index (χ1n) is 4.63. The van der Waals surface area contributed by atoms with Gasteiger partial charge in [-0.3, -0.25) is 4.79 Å². The van der Waals surface area contributed by atoms with E-state index in [1.54, 1.807) is 0 Å². The van der Waals surface area contributed by atoms with Crippen molar-refractivity contribution in [1.82, 2.24) is 0 Å². The number of hydrogen-bond acceptors (Lipinski definition) is 3. The van der Waals surface area contributed by atoms with Crippen molar-refractivity contribution in [2.24, 2.45) is 0 Å². The lowest BCUT2D eigenvalue weighted by Gasteiger charge is -2.18. The van der Waals surface area contributed by atoms with Crippen LogP contribution in [0.15, 0.2) is 24.3 Å². The minimum Gasteiger partial charge on any atom is -0.290 e. The molecule has 1 aromatic carbocycles. The smallest absolute Gasteiger partial charge is 0.261 e. The summed E-state index contributed by atoms with van der Waals surface area (Å²) in [6, 6.07) is 5.84. The van der Waals surface area contributed by atoms with Gasteiger partial charge in [0.05, 0.1) is 5.75 Å². The number of carbonyl (C=O) groups is 1. The SMILES string of the molecule is CCS(=O)(=O)[C@](Cl)(Br)C(=O)c1ccc(Cl)cc1. The van der Waals surface area contributed by atoms with Gasteiger partial charge in [0.1, 0.15) is 0 Å². The van der Waals surface area contributed by atoms with Crippen LogP contribution in [0.2, 0.25) is 5.02 Å². The first-order chi connectivity index (χ1) is 7.72. The molecule has 0 aromatic heterocycles. The number of rotatable bonds is 4. The summed E-state index contributed by atoms with van der Waals surface area (Å²) in [7, 11) is -3.76. The Hall–Kier alpha value is -0.100. The summed E-state index contributed by atoms with van der Waals surface area (Å²) < 4.78 is 21.2. The fraction of sp³-hybridized carbons (Fsp3) is 0.300. The number of ketones is 1. The summed E-state index contributed by atoms with van der Waals surface area (Å²) in [6.07, 6.45) is 0. The Bertz CT molecular complexity index is 523. The molecule has 1 aromatic rings. The molecular weight excluding hydrogens is 351 g/mol. The molecule has 0 fully saturated rings. The largest absolute Gasteiger partial charge is 0.290 e. The minimum absolute atomic E-state index is 0.179. The number of halogens is 3. The summed E-state index contributed by atoms with van der Waals surface area (Å²) >= 11 is 14.3. The number of alkyl halides is 2. The van der Waals surface area contributed by atoms with Crippen LogP contribution >= 0.6 is 39.1 Å². The van der Waals surface area contributed by atoms with E-state index in [-0.39, 0.29) is 11.3 Å². The normalized spacial score (nSPS) is 15.3. The highest BCUT2D eigenvalue weighted by molar-refractivity contribution is 9.12. The molecule has 0 heterocycles. The van der Waals surface area contributed by atoms with Crippen molar-refractivity contribution < 1.29 is 13.2 Å². The van der Waals surface area contributed by atoms with E-state index >= 15 is 0 Å². The summed E-state index contributed by atoms with van der Waals surface area (Å²) in [5, 5.41) is 0.453. The maximum absolute atomic E-state index is 12.0. The lowest BCUT2D eigenvalue weighted by atomic mass is 10.1. The average molecular weight is 360 g/mol. The summed E-state index contributed by atoms with van der Waals surface area (Å²) in [5.74, 6) is -0.959. The van der Waals surface area contributed by atoms with Crippen molar-refractivity contribution in [3.05, 3.63) is 34.9 Å². The predicted molar refractivity (Wildman–Crippen MR) is 72.8 cm³/mol. The van der Waals surface area contributed by atoms with Gasteiger partial charge >= 0.3 is 0 Å². The Kier molecular flexibility index (Phi) is 4.63. The van der Waals surface area contributed by atoms with E-state index in [4.69, 9.17) is 23.2 Å². The van der Waals surface area contributed by atoms with Gasteiger partial charge in [0.25, 0.3) is 3.12 Å². The summed E-state index contributed by atoms with van der Waals surface area (Å²) in [5.41, 5.74) is 0.179. The monoisotopic (exact) mass is 358 g/mol. The zero-order valence-corrected chi connectivity index (χ0v) is 12.7. The van der Waals surface area contributed by atoms with Crippen LogP contribution in [0.1, 0.15) is 17.3 Å². The molecule has 17 heavy (non-hydrogen) atoms. The third-order valence-electron chi connectivity index (χ3n) is 2.14. The lowest BCUT2D eigenvalue weighted by Crippen LogP contribution is -2.36.